The number of primary amides is 1. The summed E-state index contributed by atoms with van der Waals surface area (Å²) in [6, 6.07) is 11.2. The predicted octanol–water partition coefficient (Wildman–Crippen LogP) is 2.03. The SMILES string of the molecule is NC(=O)c1cccc2c1ncn2-c1cccc([N+](=O)[O-])c1. The van der Waals surface area contributed by atoms with Gasteiger partial charge in [0.1, 0.15) is 11.8 Å². The number of nitro groups is 1. The molecule has 0 aliphatic heterocycles. The first-order valence-corrected chi connectivity index (χ1v) is 6.08. The van der Waals surface area contributed by atoms with Crippen molar-refractivity contribution in [3.05, 3.63) is 64.5 Å². The number of amides is 1. The van der Waals surface area contributed by atoms with Crippen LogP contribution in [0.1, 0.15) is 10.4 Å². The molecule has 1 aromatic heterocycles. The van der Waals surface area contributed by atoms with Gasteiger partial charge in [-0.2, -0.15) is 0 Å². The van der Waals surface area contributed by atoms with Crippen molar-refractivity contribution in [2.24, 2.45) is 5.73 Å². The Morgan fingerprint density at radius 2 is 2.00 bits per heavy atom. The molecular weight excluding hydrogens is 272 g/mol. The molecule has 0 radical (unpaired) electrons. The lowest BCUT2D eigenvalue weighted by Crippen LogP contribution is -2.11. The second kappa shape index (κ2) is 4.71. The molecule has 0 bridgehead atoms. The fourth-order valence-corrected chi connectivity index (χ4v) is 2.20. The number of hydrogen-bond donors (Lipinski definition) is 1. The number of aromatic nitrogens is 2. The number of non-ortho nitro benzene ring substituents is 1. The van der Waals surface area contributed by atoms with Gasteiger partial charge in [-0.25, -0.2) is 4.98 Å². The maximum Gasteiger partial charge on any atom is 0.271 e. The molecule has 0 fully saturated rings. The van der Waals surface area contributed by atoms with Crippen molar-refractivity contribution in [1.82, 2.24) is 9.55 Å². The van der Waals surface area contributed by atoms with Gasteiger partial charge in [0, 0.05) is 12.1 Å². The zero-order chi connectivity index (χ0) is 15.0. The Balaban J connectivity index is 2.22. The number of hydrogen-bond acceptors (Lipinski definition) is 4. The van der Waals surface area contributed by atoms with Gasteiger partial charge in [0.25, 0.3) is 11.6 Å². The Labute approximate surface area is 118 Å². The molecule has 7 heteroatoms. The van der Waals surface area contributed by atoms with Crippen LogP contribution in [-0.4, -0.2) is 20.4 Å². The molecule has 3 aromatic rings. The lowest BCUT2D eigenvalue weighted by atomic mass is 10.1. The Morgan fingerprint density at radius 3 is 2.71 bits per heavy atom. The first kappa shape index (κ1) is 12.8. The van der Waals surface area contributed by atoms with Crippen molar-refractivity contribution < 1.29 is 9.72 Å². The Morgan fingerprint density at radius 1 is 1.24 bits per heavy atom. The highest BCUT2D eigenvalue weighted by atomic mass is 16.6. The van der Waals surface area contributed by atoms with E-state index < -0.39 is 10.8 Å². The average Bonchev–Trinajstić information content (AvgIpc) is 2.91. The van der Waals surface area contributed by atoms with Crippen LogP contribution in [0.3, 0.4) is 0 Å². The number of nitrogens with two attached hydrogens (primary N) is 1. The third-order valence-electron chi connectivity index (χ3n) is 3.16. The van der Waals surface area contributed by atoms with E-state index in [-0.39, 0.29) is 5.69 Å². The van der Waals surface area contributed by atoms with E-state index >= 15 is 0 Å². The Bertz CT molecular complexity index is 870. The zero-order valence-corrected chi connectivity index (χ0v) is 10.8. The molecule has 0 saturated heterocycles. The van der Waals surface area contributed by atoms with Gasteiger partial charge in [0.15, 0.2) is 0 Å². The number of fused-ring (bicyclic) bond motifs is 1. The van der Waals surface area contributed by atoms with Crippen LogP contribution in [0.2, 0.25) is 0 Å². The van der Waals surface area contributed by atoms with Crippen LogP contribution in [0.4, 0.5) is 5.69 Å². The van der Waals surface area contributed by atoms with E-state index in [1.807, 2.05) is 0 Å². The third-order valence-corrected chi connectivity index (χ3v) is 3.16. The normalized spacial score (nSPS) is 10.7. The lowest BCUT2D eigenvalue weighted by molar-refractivity contribution is -0.384. The molecule has 0 atom stereocenters. The molecule has 1 heterocycles. The van der Waals surface area contributed by atoms with Crippen LogP contribution in [-0.2, 0) is 0 Å². The number of rotatable bonds is 3. The van der Waals surface area contributed by atoms with E-state index in [4.69, 9.17) is 5.73 Å². The molecule has 0 aliphatic carbocycles. The monoisotopic (exact) mass is 282 g/mol. The van der Waals surface area contributed by atoms with E-state index in [1.54, 1.807) is 34.9 Å². The van der Waals surface area contributed by atoms with Crippen molar-refractivity contribution in [2.45, 2.75) is 0 Å². The number of nitro benzene ring substituents is 1. The summed E-state index contributed by atoms with van der Waals surface area (Å²) < 4.78 is 1.68. The molecule has 0 spiro atoms. The number of imidazole rings is 1. The van der Waals surface area contributed by atoms with Crippen molar-refractivity contribution in [3.8, 4) is 5.69 Å². The zero-order valence-electron chi connectivity index (χ0n) is 10.8. The maximum atomic E-state index is 11.4. The Kier molecular flexibility index (Phi) is 2.87. The number of carbonyl (C=O) groups excluding carboxylic acids is 1. The molecule has 7 nitrogen and oxygen atoms in total. The van der Waals surface area contributed by atoms with Crippen molar-refractivity contribution >= 4 is 22.6 Å². The molecule has 2 aromatic carbocycles. The fourth-order valence-electron chi connectivity index (χ4n) is 2.20. The summed E-state index contributed by atoms with van der Waals surface area (Å²) in [4.78, 5) is 26.0. The second-order valence-electron chi connectivity index (χ2n) is 4.43. The van der Waals surface area contributed by atoms with Gasteiger partial charge in [0.2, 0.25) is 0 Å². The molecule has 0 aliphatic rings. The topological polar surface area (TPSA) is 104 Å². The summed E-state index contributed by atoms with van der Waals surface area (Å²) in [6.45, 7) is 0. The van der Waals surface area contributed by atoms with E-state index in [0.29, 0.717) is 22.3 Å². The van der Waals surface area contributed by atoms with Crippen LogP contribution < -0.4 is 5.73 Å². The number of nitrogens with zero attached hydrogens (tertiary/aromatic N) is 3. The maximum absolute atomic E-state index is 11.4. The smallest absolute Gasteiger partial charge is 0.271 e. The van der Waals surface area contributed by atoms with Gasteiger partial charge < -0.3 is 5.73 Å². The molecule has 21 heavy (non-hydrogen) atoms. The van der Waals surface area contributed by atoms with E-state index in [2.05, 4.69) is 4.98 Å². The van der Waals surface area contributed by atoms with Gasteiger partial charge in [-0.05, 0) is 18.2 Å². The van der Waals surface area contributed by atoms with Crippen molar-refractivity contribution in [3.63, 3.8) is 0 Å². The van der Waals surface area contributed by atoms with Gasteiger partial charge in [-0.3, -0.25) is 19.5 Å². The summed E-state index contributed by atoms with van der Waals surface area (Å²) in [7, 11) is 0. The molecule has 0 unspecified atom stereocenters. The second-order valence-corrected chi connectivity index (χ2v) is 4.43. The molecule has 0 saturated carbocycles. The number of benzene rings is 2. The van der Waals surface area contributed by atoms with Gasteiger partial charge in [-0.1, -0.05) is 12.1 Å². The van der Waals surface area contributed by atoms with Crippen molar-refractivity contribution in [1.29, 1.82) is 0 Å². The summed E-state index contributed by atoms with van der Waals surface area (Å²) in [5.41, 5.74) is 7.34. The van der Waals surface area contributed by atoms with E-state index in [9.17, 15) is 14.9 Å². The highest BCUT2D eigenvalue weighted by molar-refractivity contribution is 6.04. The third kappa shape index (κ3) is 2.10. The first-order valence-electron chi connectivity index (χ1n) is 6.08. The highest BCUT2D eigenvalue weighted by Crippen LogP contribution is 2.23. The lowest BCUT2D eigenvalue weighted by Gasteiger charge is -2.04. The van der Waals surface area contributed by atoms with Crippen LogP contribution in [0.25, 0.3) is 16.7 Å². The van der Waals surface area contributed by atoms with Gasteiger partial charge >= 0.3 is 0 Å². The summed E-state index contributed by atoms with van der Waals surface area (Å²) in [5.74, 6) is -0.565. The number of carbonyl (C=O) groups is 1. The summed E-state index contributed by atoms with van der Waals surface area (Å²) in [6.07, 6.45) is 1.51. The van der Waals surface area contributed by atoms with Crippen molar-refractivity contribution in [2.75, 3.05) is 0 Å². The van der Waals surface area contributed by atoms with Gasteiger partial charge in [0.05, 0.1) is 21.7 Å². The van der Waals surface area contributed by atoms with Gasteiger partial charge in [-0.15, -0.1) is 0 Å². The minimum absolute atomic E-state index is 0.0135. The largest absolute Gasteiger partial charge is 0.366 e. The average molecular weight is 282 g/mol. The van der Waals surface area contributed by atoms with Crippen LogP contribution in [0.15, 0.2) is 48.8 Å². The first-order chi connectivity index (χ1) is 10.1. The Hall–Kier alpha value is -3.22. The highest BCUT2D eigenvalue weighted by Gasteiger charge is 2.13. The standard InChI is InChI=1S/C14H10N4O3/c15-14(19)11-5-2-6-12-13(11)16-8-17(12)9-3-1-4-10(7-9)18(20)21/h1-8H,(H2,15,19). The predicted molar refractivity (Wildman–Crippen MR) is 76.2 cm³/mol. The fraction of sp³-hybridized carbons (Fsp3) is 0. The van der Waals surface area contributed by atoms with Crippen LogP contribution in [0, 0.1) is 10.1 Å². The minimum atomic E-state index is -0.565. The molecule has 2 N–H and O–H groups in total. The number of para-hydroxylation sites is 1. The van der Waals surface area contributed by atoms with Crippen LogP contribution >= 0.6 is 0 Å². The molecule has 1 amide bonds. The van der Waals surface area contributed by atoms with Crippen LogP contribution in [0.5, 0.6) is 0 Å². The minimum Gasteiger partial charge on any atom is -0.366 e. The molecule has 3 rings (SSSR count). The molecular formula is C14H10N4O3. The summed E-state index contributed by atoms with van der Waals surface area (Å²) >= 11 is 0. The van der Waals surface area contributed by atoms with E-state index in [1.165, 1.54) is 18.5 Å². The quantitative estimate of drug-likeness (QED) is 0.586. The summed E-state index contributed by atoms with van der Waals surface area (Å²) in [5, 5.41) is 10.8. The van der Waals surface area contributed by atoms with E-state index in [0.717, 1.165) is 0 Å². The molecule has 104 valence electrons.